The number of benzene rings is 1. The summed E-state index contributed by atoms with van der Waals surface area (Å²) in [5, 5.41) is 0. The van der Waals surface area contributed by atoms with Gasteiger partial charge in [-0.3, -0.25) is 9.59 Å². The molecule has 146 valence electrons. The second kappa shape index (κ2) is 8.55. The number of nitrogens with zero attached hydrogens (tertiary/aromatic N) is 4. The first-order valence-electron chi connectivity index (χ1n) is 10.0. The fourth-order valence-corrected chi connectivity index (χ4v) is 3.98. The number of hydrogen-bond donors (Lipinski definition) is 0. The summed E-state index contributed by atoms with van der Waals surface area (Å²) in [5.41, 5.74) is 2.06. The largest absolute Gasteiger partial charge is 0.342 e. The van der Waals surface area contributed by atoms with Gasteiger partial charge in [0.2, 0.25) is 11.8 Å². The van der Waals surface area contributed by atoms with Gasteiger partial charge in [-0.05, 0) is 38.3 Å². The van der Waals surface area contributed by atoms with E-state index in [2.05, 4.69) is 17.6 Å². The van der Waals surface area contributed by atoms with Crippen molar-refractivity contribution in [2.24, 2.45) is 5.92 Å². The molecule has 1 atom stereocenters. The normalized spacial score (nSPS) is 17.3. The lowest BCUT2D eigenvalue weighted by Gasteiger charge is -2.34. The number of carbonyl (C=O) groups excluding carboxylic acids is 2. The van der Waals surface area contributed by atoms with Gasteiger partial charge >= 0.3 is 0 Å². The number of likely N-dealkylation sites (tertiary alicyclic amines) is 1. The number of para-hydroxylation sites is 2. The van der Waals surface area contributed by atoms with Crippen molar-refractivity contribution >= 4 is 22.8 Å². The molecular weight excluding hydrogens is 340 g/mol. The minimum Gasteiger partial charge on any atom is -0.342 e. The van der Waals surface area contributed by atoms with Crippen molar-refractivity contribution in [3.8, 4) is 0 Å². The first kappa shape index (κ1) is 19.4. The van der Waals surface area contributed by atoms with Crippen LogP contribution in [0.25, 0.3) is 11.0 Å². The molecule has 1 unspecified atom stereocenters. The van der Waals surface area contributed by atoms with Crippen molar-refractivity contribution in [2.45, 2.75) is 52.6 Å². The Bertz CT molecular complexity index is 814. The van der Waals surface area contributed by atoms with Gasteiger partial charge < -0.3 is 14.4 Å². The van der Waals surface area contributed by atoms with Crippen LogP contribution in [0.1, 0.15) is 45.4 Å². The quantitative estimate of drug-likeness (QED) is 0.785. The summed E-state index contributed by atoms with van der Waals surface area (Å²) in [6, 6.07) is 8.07. The molecule has 1 aromatic carbocycles. The molecule has 6 heteroatoms. The molecule has 0 radical (unpaired) electrons. The fourth-order valence-electron chi connectivity index (χ4n) is 3.98. The molecular formula is C21H30N4O2. The lowest BCUT2D eigenvalue weighted by molar-refractivity contribution is -0.140. The number of piperidine rings is 1. The maximum absolute atomic E-state index is 13.0. The number of fused-ring (bicyclic) bond motifs is 1. The van der Waals surface area contributed by atoms with Crippen molar-refractivity contribution < 1.29 is 9.59 Å². The van der Waals surface area contributed by atoms with Crippen LogP contribution in [-0.4, -0.2) is 51.3 Å². The average Bonchev–Trinajstić information content (AvgIpc) is 3.04. The molecule has 2 amide bonds. The van der Waals surface area contributed by atoms with Gasteiger partial charge in [-0.25, -0.2) is 4.98 Å². The predicted molar refractivity (Wildman–Crippen MR) is 106 cm³/mol. The van der Waals surface area contributed by atoms with Crippen LogP contribution in [0.4, 0.5) is 0 Å². The van der Waals surface area contributed by atoms with E-state index >= 15 is 0 Å². The van der Waals surface area contributed by atoms with Gasteiger partial charge in [0.15, 0.2) is 0 Å². The molecule has 0 saturated carbocycles. The van der Waals surface area contributed by atoms with E-state index in [-0.39, 0.29) is 17.7 Å². The molecule has 1 aliphatic heterocycles. The maximum Gasteiger partial charge on any atom is 0.227 e. The Morgan fingerprint density at radius 2 is 2.04 bits per heavy atom. The molecule has 1 fully saturated rings. The van der Waals surface area contributed by atoms with Crippen LogP contribution in [0.5, 0.6) is 0 Å². The molecule has 1 aliphatic rings. The van der Waals surface area contributed by atoms with E-state index in [1.165, 1.54) is 0 Å². The first-order chi connectivity index (χ1) is 13.0. The number of carbonyl (C=O) groups is 2. The van der Waals surface area contributed by atoms with Crippen molar-refractivity contribution in [3.63, 3.8) is 0 Å². The van der Waals surface area contributed by atoms with Gasteiger partial charge in [-0.2, -0.15) is 0 Å². The number of aryl methyl sites for hydroxylation is 1. The summed E-state index contributed by atoms with van der Waals surface area (Å²) < 4.78 is 2.16. The van der Waals surface area contributed by atoms with Gasteiger partial charge in [-0.1, -0.05) is 19.1 Å². The smallest absolute Gasteiger partial charge is 0.227 e. The van der Waals surface area contributed by atoms with E-state index in [1.807, 2.05) is 37.1 Å². The fraction of sp³-hybridized carbons (Fsp3) is 0.571. The molecule has 2 heterocycles. The van der Waals surface area contributed by atoms with Gasteiger partial charge in [0.05, 0.1) is 23.5 Å². The third-order valence-corrected chi connectivity index (χ3v) is 5.39. The zero-order chi connectivity index (χ0) is 19.4. The third-order valence-electron chi connectivity index (χ3n) is 5.39. The summed E-state index contributed by atoms with van der Waals surface area (Å²) in [7, 11) is 1.84. The Balaban J connectivity index is 1.70. The van der Waals surface area contributed by atoms with Crippen LogP contribution < -0.4 is 0 Å². The Morgan fingerprint density at radius 1 is 1.26 bits per heavy atom. The average molecular weight is 370 g/mol. The van der Waals surface area contributed by atoms with E-state index in [0.29, 0.717) is 19.5 Å². The van der Waals surface area contributed by atoms with Crippen LogP contribution in [0.15, 0.2) is 24.3 Å². The Labute approximate surface area is 161 Å². The molecule has 3 rings (SSSR count). The van der Waals surface area contributed by atoms with Crippen molar-refractivity contribution in [1.82, 2.24) is 19.4 Å². The maximum atomic E-state index is 13.0. The predicted octanol–water partition coefficient (Wildman–Crippen LogP) is 3.05. The topological polar surface area (TPSA) is 58.4 Å². The zero-order valence-corrected chi connectivity index (χ0v) is 16.6. The standard InChI is InChI=1S/C21H30N4O2/c1-4-9-20(26)24-13-8-10-16(14-24)21(27)23(3)15-19-22-17-11-6-7-12-18(17)25(19)5-2/h6-7,11-12,16H,4-5,8-10,13-15H2,1-3H3. The highest BCUT2D eigenvalue weighted by Gasteiger charge is 2.30. The molecule has 0 spiro atoms. The summed E-state index contributed by atoms with van der Waals surface area (Å²) >= 11 is 0. The van der Waals surface area contributed by atoms with Crippen LogP contribution in [-0.2, 0) is 22.7 Å². The summed E-state index contributed by atoms with van der Waals surface area (Å²) in [5.74, 6) is 1.08. The van der Waals surface area contributed by atoms with Crippen LogP contribution in [0.3, 0.4) is 0 Å². The van der Waals surface area contributed by atoms with E-state index in [9.17, 15) is 9.59 Å². The van der Waals surface area contributed by atoms with Gasteiger partial charge in [0, 0.05) is 33.1 Å². The number of rotatable bonds is 6. The van der Waals surface area contributed by atoms with Crippen molar-refractivity contribution in [1.29, 1.82) is 0 Å². The highest BCUT2D eigenvalue weighted by molar-refractivity contribution is 5.81. The third kappa shape index (κ3) is 4.15. The van der Waals surface area contributed by atoms with E-state index in [0.717, 1.165) is 49.2 Å². The van der Waals surface area contributed by atoms with Gasteiger partial charge in [0.25, 0.3) is 0 Å². The van der Waals surface area contributed by atoms with E-state index < -0.39 is 0 Å². The Hall–Kier alpha value is -2.37. The van der Waals surface area contributed by atoms with Gasteiger partial charge in [-0.15, -0.1) is 0 Å². The number of amides is 2. The zero-order valence-electron chi connectivity index (χ0n) is 16.6. The molecule has 0 N–H and O–H groups in total. The summed E-state index contributed by atoms with van der Waals surface area (Å²) in [6.45, 7) is 6.74. The minimum atomic E-state index is -0.107. The van der Waals surface area contributed by atoms with Gasteiger partial charge in [0.1, 0.15) is 5.82 Å². The second-order valence-electron chi connectivity index (χ2n) is 7.38. The van der Waals surface area contributed by atoms with Crippen LogP contribution >= 0.6 is 0 Å². The summed E-state index contributed by atoms with van der Waals surface area (Å²) in [4.78, 5) is 33.6. The highest BCUT2D eigenvalue weighted by atomic mass is 16.2. The van der Waals surface area contributed by atoms with Crippen molar-refractivity contribution in [2.75, 3.05) is 20.1 Å². The molecule has 0 aliphatic carbocycles. The van der Waals surface area contributed by atoms with Crippen LogP contribution in [0.2, 0.25) is 0 Å². The number of imidazole rings is 1. The minimum absolute atomic E-state index is 0.107. The Kier molecular flexibility index (Phi) is 6.14. The molecule has 2 aromatic rings. The van der Waals surface area contributed by atoms with E-state index in [1.54, 1.807) is 4.90 Å². The molecule has 1 aromatic heterocycles. The molecule has 6 nitrogen and oxygen atoms in total. The monoisotopic (exact) mass is 370 g/mol. The first-order valence-corrected chi connectivity index (χ1v) is 10.0. The molecule has 27 heavy (non-hydrogen) atoms. The number of aromatic nitrogens is 2. The molecule has 0 bridgehead atoms. The summed E-state index contributed by atoms with van der Waals surface area (Å²) in [6.07, 6.45) is 3.16. The molecule has 1 saturated heterocycles. The number of hydrogen-bond acceptors (Lipinski definition) is 3. The van der Waals surface area contributed by atoms with E-state index in [4.69, 9.17) is 4.98 Å². The SMILES string of the molecule is CCCC(=O)N1CCCC(C(=O)N(C)Cc2nc3ccccc3n2CC)C1. The lowest BCUT2D eigenvalue weighted by atomic mass is 9.96. The lowest BCUT2D eigenvalue weighted by Crippen LogP contribution is -2.45. The van der Waals surface area contributed by atoms with Crippen LogP contribution in [0, 0.1) is 5.92 Å². The second-order valence-corrected chi connectivity index (χ2v) is 7.38. The highest BCUT2D eigenvalue weighted by Crippen LogP contribution is 2.21. The Morgan fingerprint density at radius 3 is 2.78 bits per heavy atom. The van der Waals surface area contributed by atoms with Crippen molar-refractivity contribution in [3.05, 3.63) is 30.1 Å².